The van der Waals surface area contributed by atoms with Crippen LogP contribution >= 0.6 is 11.6 Å². The van der Waals surface area contributed by atoms with Crippen LogP contribution in [-0.2, 0) is 10.6 Å². The molecule has 0 heterocycles. The van der Waals surface area contributed by atoms with Gasteiger partial charge in [-0.25, -0.2) is 4.79 Å². The topological polar surface area (TPSA) is 35.5 Å². The molecule has 0 unspecified atom stereocenters. The second-order valence-electron chi connectivity index (χ2n) is 3.27. The number of ether oxygens (including phenoxy) is 2. The molecule has 0 amide bonds. The molecule has 0 saturated heterocycles. The molecular weight excluding hydrogens is 254 g/mol. The van der Waals surface area contributed by atoms with Crippen LogP contribution in [0.3, 0.4) is 0 Å². The molecule has 0 aliphatic carbocycles. The van der Waals surface area contributed by atoms with Crippen LogP contribution in [-0.4, -0.2) is 19.7 Å². The van der Waals surface area contributed by atoms with E-state index in [2.05, 4.69) is 9.47 Å². The Kier molecular flexibility index (Phi) is 4.69. The minimum absolute atomic E-state index is 0.0708. The van der Waals surface area contributed by atoms with Crippen LogP contribution in [0.15, 0.2) is 12.1 Å². The molecule has 0 radical (unpaired) electrons. The highest BCUT2D eigenvalue weighted by molar-refractivity contribution is 6.17. The Bertz CT molecular complexity index is 421. The molecule has 17 heavy (non-hydrogen) atoms. The summed E-state index contributed by atoms with van der Waals surface area (Å²) in [5.41, 5.74) is 0.973. The zero-order valence-corrected chi connectivity index (χ0v) is 10.1. The van der Waals surface area contributed by atoms with E-state index in [1.54, 1.807) is 0 Å². The first-order valence-electron chi connectivity index (χ1n) is 4.72. The number of rotatable bonds is 4. The van der Waals surface area contributed by atoms with Crippen molar-refractivity contribution in [3.8, 4) is 5.75 Å². The van der Waals surface area contributed by atoms with E-state index in [0.29, 0.717) is 11.1 Å². The zero-order chi connectivity index (χ0) is 13.0. The van der Waals surface area contributed by atoms with Gasteiger partial charge >= 0.3 is 12.6 Å². The lowest BCUT2D eigenvalue weighted by Gasteiger charge is -2.12. The molecule has 0 aliphatic heterocycles. The van der Waals surface area contributed by atoms with Gasteiger partial charge in [0.2, 0.25) is 0 Å². The maximum Gasteiger partial charge on any atom is 0.387 e. The lowest BCUT2D eigenvalue weighted by atomic mass is 10.0. The highest BCUT2D eigenvalue weighted by Gasteiger charge is 2.17. The van der Waals surface area contributed by atoms with Crippen molar-refractivity contribution in [3.63, 3.8) is 0 Å². The number of esters is 1. The number of hydrogen-bond acceptors (Lipinski definition) is 3. The molecule has 0 spiro atoms. The summed E-state index contributed by atoms with van der Waals surface area (Å²) >= 11 is 5.61. The van der Waals surface area contributed by atoms with Gasteiger partial charge in [-0.05, 0) is 24.6 Å². The normalized spacial score (nSPS) is 10.5. The fourth-order valence-corrected chi connectivity index (χ4v) is 1.52. The largest absolute Gasteiger partial charge is 0.465 e. The third-order valence-corrected chi connectivity index (χ3v) is 2.50. The Morgan fingerprint density at radius 2 is 2.12 bits per heavy atom. The van der Waals surface area contributed by atoms with Gasteiger partial charge in [0, 0.05) is 11.4 Å². The van der Waals surface area contributed by atoms with E-state index in [1.165, 1.54) is 26.2 Å². The molecule has 0 atom stereocenters. The van der Waals surface area contributed by atoms with E-state index >= 15 is 0 Å². The highest BCUT2D eigenvalue weighted by Crippen LogP contribution is 2.27. The minimum atomic E-state index is -2.95. The van der Waals surface area contributed by atoms with E-state index in [1.807, 2.05) is 0 Å². The summed E-state index contributed by atoms with van der Waals surface area (Å²) in [5, 5.41) is 0. The predicted molar refractivity (Wildman–Crippen MR) is 58.7 cm³/mol. The van der Waals surface area contributed by atoms with Crippen LogP contribution in [0.5, 0.6) is 5.75 Å². The summed E-state index contributed by atoms with van der Waals surface area (Å²) < 4.78 is 33.2. The highest BCUT2D eigenvalue weighted by atomic mass is 35.5. The number of methoxy groups -OCH3 is 1. The molecule has 3 nitrogen and oxygen atoms in total. The minimum Gasteiger partial charge on any atom is -0.465 e. The Morgan fingerprint density at radius 3 is 2.59 bits per heavy atom. The SMILES string of the molecule is COC(=O)c1cc(CCl)cc(OC(F)F)c1C. The van der Waals surface area contributed by atoms with Gasteiger partial charge < -0.3 is 9.47 Å². The van der Waals surface area contributed by atoms with Gasteiger partial charge in [-0.3, -0.25) is 0 Å². The summed E-state index contributed by atoms with van der Waals surface area (Å²) in [7, 11) is 1.21. The van der Waals surface area contributed by atoms with Crippen LogP contribution in [0, 0.1) is 6.92 Å². The van der Waals surface area contributed by atoms with Crippen LogP contribution in [0.2, 0.25) is 0 Å². The molecule has 0 aliphatic rings. The molecule has 0 bridgehead atoms. The average Bonchev–Trinajstić information content (AvgIpc) is 2.30. The van der Waals surface area contributed by atoms with Gasteiger partial charge in [0.1, 0.15) is 5.75 Å². The van der Waals surface area contributed by atoms with E-state index in [4.69, 9.17) is 11.6 Å². The third-order valence-electron chi connectivity index (χ3n) is 2.20. The monoisotopic (exact) mass is 264 g/mol. The molecule has 0 fully saturated rings. The Balaban J connectivity index is 3.25. The van der Waals surface area contributed by atoms with Gasteiger partial charge in [-0.2, -0.15) is 8.78 Å². The molecular formula is C11H11ClF2O3. The van der Waals surface area contributed by atoms with E-state index < -0.39 is 12.6 Å². The predicted octanol–water partition coefficient (Wildman–Crippen LogP) is 3.12. The summed E-state index contributed by atoms with van der Waals surface area (Å²) in [4.78, 5) is 11.4. The first-order valence-corrected chi connectivity index (χ1v) is 5.25. The van der Waals surface area contributed by atoms with Crippen molar-refractivity contribution in [1.29, 1.82) is 0 Å². The van der Waals surface area contributed by atoms with Crippen LogP contribution in [0.25, 0.3) is 0 Å². The Hall–Kier alpha value is -1.36. The Morgan fingerprint density at radius 1 is 1.47 bits per heavy atom. The van der Waals surface area contributed by atoms with E-state index in [9.17, 15) is 13.6 Å². The number of carbonyl (C=O) groups excluding carboxylic acids is 1. The van der Waals surface area contributed by atoms with Crippen molar-refractivity contribution in [3.05, 3.63) is 28.8 Å². The van der Waals surface area contributed by atoms with Crippen LogP contribution in [0.4, 0.5) is 8.78 Å². The lowest BCUT2D eigenvalue weighted by molar-refractivity contribution is -0.0504. The van der Waals surface area contributed by atoms with Crippen LogP contribution in [0.1, 0.15) is 21.5 Å². The number of benzene rings is 1. The van der Waals surface area contributed by atoms with Gasteiger partial charge in [0.25, 0.3) is 0 Å². The lowest BCUT2D eigenvalue weighted by Crippen LogP contribution is -2.09. The van der Waals surface area contributed by atoms with Gasteiger partial charge in [0.15, 0.2) is 0 Å². The molecule has 94 valence electrons. The number of alkyl halides is 3. The smallest absolute Gasteiger partial charge is 0.387 e. The standard InChI is InChI=1S/C11H11ClF2O3/c1-6-8(10(15)16-2)3-7(5-12)4-9(6)17-11(13)14/h3-4,11H,5H2,1-2H3. The zero-order valence-electron chi connectivity index (χ0n) is 9.30. The first kappa shape index (κ1) is 13.7. The van der Waals surface area contributed by atoms with Crippen LogP contribution < -0.4 is 4.74 Å². The number of halogens is 3. The average molecular weight is 265 g/mol. The fraction of sp³-hybridized carbons (Fsp3) is 0.364. The molecule has 6 heteroatoms. The summed E-state index contributed by atoms with van der Waals surface area (Å²) in [5.74, 6) is -0.601. The van der Waals surface area contributed by atoms with Gasteiger partial charge in [0.05, 0.1) is 12.7 Å². The van der Waals surface area contributed by atoms with Crippen molar-refractivity contribution in [2.45, 2.75) is 19.4 Å². The quantitative estimate of drug-likeness (QED) is 0.619. The fourth-order valence-electron chi connectivity index (χ4n) is 1.36. The van der Waals surface area contributed by atoms with E-state index in [-0.39, 0.29) is 17.2 Å². The summed E-state index contributed by atoms with van der Waals surface area (Å²) in [6, 6.07) is 2.87. The Labute approximate surface area is 102 Å². The second-order valence-corrected chi connectivity index (χ2v) is 3.54. The third kappa shape index (κ3) is 3.30. The van der Waals surface area contributed by atoms with Crippen molar-refractivity contribution in [2.75, 3.05) is 7.11 Å². The molecule has 0 aromatic heterocycles. The molecule has 1 aromatic carbocycles. The van der Waals surface area contributed by atoms with Gasteiger partial charge in [-0.15, -0.1) is 11.6 Å². The molecule has 1 rings (SSSR count). The number of carbonyl (C=O) groups is 1. The van der Waals surface area contributed by atoms with Crippen molar-refractivity contribution < 1.29 is 23.0 Å². The number of hydrogen-bond donors (Lipinski definition) is 0. The maximum atomic E-state index is 12.2. The first-order chi connectivity index (χ1) is 7.99. The van der Waals surface area contributed by atoms with Crippen molar-refractivity contribution in [2.24, 2.45) is 0 Å². The molecule has 0 saturated carbocycles. The summed E-state index contributed by atoms with van der Waals surface area (Å²) in [6.45, 7) is -1.45. The second kappa shape index (κ2) is 5.82. The van der Waals surface area contributed by atoms with Crippen molar-refractivity contribution >= 4 is 17.6 Å². The maximum absolute atomic E-state index is 12.2. The molecule has 0 N–H and O–H groups in total. The van der Waals surface area contributed by atoms with E-state index in [0.717, 1.165) is 0 Å². The molecule has 1 aromatic rings. The summed E-state index contributed by atoms with van der Waals surface area (Å²) in [6.07, 6.45) is 0. The van der Waals surface area contributed by atoms with Gasteiger partial charge in [-0.1, -0.05) is 0 Å². The van der Waals surface area contributed by atoms with Crippen molar-refractivity contribution in [1.82, 2.24) is 0 Å².